The first kappa shape index (κ1) is 25.7. The number of aryl methyl sites for hydroxylation is 4. The van der Waals surface area contributed by atoms with Gasteiger partial charge in [-0.1, -0.05) is 47.9 Å². The summed E-state index contributed by atoms with van der Waals surface area (Å²) in [6, 6.07) is 23.1. The molecule has 4 heteroatoms. The van der Waals surface area contributed by atoms with Crippen molar-refractivity contribution in [3.05, 3.63) is 106 Å². The second-order valence-corrected chi connectivity index (χ2v) is 10.8. The van der Waals surface area contributed by atoms with E-state index in [0.717, 1.165) is 33.9 Å². The largest absolute Gasteiger partial charge is 0.151 e. The molecule has 1 aliphatic carbocycles. The van der Waals surface area contributed by atoms with E-state index < -0.39 is 0 Å². The summed E-state index contributed by atoms with van der Waals surface area (Å²) in [5.74, 6) is 0.594. The molecule has 4 nitrogen and oxygen atoms in total. The molecular formula is C34H36N4. The Labute approximate surface area is 226 Å². The molecule has 0 atom stereocenters. The van der Waals surface area contributed by atoms with Crippen LogP contribution in [-0.4, -0.2) is 0 Å². The Bertz CT molecular complexity index is 1540. The van der Waals surface area contributed by atoms with Crippen LogP contribution in [0.4, 0.5) is 22.7 Å². The number of hydrogen-bond acceptors (Lipinski definition) is 4. The van der Waals surface area contributed by atoms with Crippen molar-refractivity contribution in [1.29, 1.82) is 0 Å². The lowest BCUT2D eigenvalue weighted by Gasteiger charge is -2.29. The molecule has 38 heavy (non-hydrogen) atoms. The number of nitrogens with zero attached hydrogens (tertiary/aromatic N) is 4. The van der Waals surface area contributed by atoms with Gasteiger partial charge in [-0.2, -0.15) is 20.5 Å². The van der Waals surface area contributed by atoms with Gasteiger partial charge >= 0.3 is 0 Å². The van der Waals surface area contributed by atoms with E-state index in [9.17, 15) is 0 Å². The molecule has 0 bridgehead atoms. The van der Waals surface area contributed by atoms with Crippen molar-refractivity contribution < 1.29 is 0 Å². The van der Waals surface area contributed by atoms with E-state index in [-0.39, 0.29) is 0 Å². The lowest BCUT2D eigenvalue weighted by atomic mass is 9.76. The number of rotatable bonds is 6. The molecule has 1 saturated carbocycles. The summed E-state index contributed by atoms with van der Waals surface area (Å²) in [4.78, 5) is 0. The summed E-state index contributed by atoms with van der Waals surface area (Å²) in [7, 11) is 0. The van der Waals surface area contributed by atoms with Gasteiger partial charge in [-0.3, -0.25) is 0 Å². The van der Waals surface area contributed by atoms with Crippen LogP contribution in [0.2, 0.25) is 0 Å². The molecule has 0 aliphatic heterocycles. The van der Waals surface area contributed by atoms with Gasteiger partial charge in [0.1, 0.15) is 0 Å². The average Bonchev–Trinajstić information content (AvgIpc) is 2.85. The summed E-state index contributed by atoms with van der Waals surface area (Å²) in [5.41, 5.74) is 14.6. The zero-order chi connectivity index (χ0) is 26.8. The van der Waals surface area contributed by atoms with E-state index in [0.29, 0.717) is 5.92 Å². The van der Waals surface area contributed by atoms with Gasteiger partial charge < -0.3 is 0 Å². The maximum atomic E-state index is 4.70. The number of benzene rings is 4. The van der Waals surface area contributed by atoms with E-state index in [1.807, 2.05) is 18.2 Å². The standard InChI is InChI=1S/C34H36N4/c1-21-10-14-28(15-11-21)35-36-29-19-30(27-8-7-9-27)25(5)31(20-29)34-23(3)13-17-33(26(34)6)38-37-32-16-12-22(2)18-24(32)4/h10-20,27H,7-9H2,1-6H3. The SMILES string of the molecule is Cc1ccc(N=Nc2cc(-c3c(C)ccc(N=Nc4ccc(C)cc4C)c3C)c(C)c(C3CCC3)c2)cc1. The zero-order valence-corrected chi connectivity index (χ0v) is 23.3. The second-order valence-electron chi connectivity index (χ2n) is 10.8. The third-order valence-electron chi connectivity index (χ3n) is 7.82. The van der Waals surface area contributed by atoms with Crippen LogP contribution >= 0.6 is 0 Å². The number of hydrogen-bond donors (Lipinski definition) is 0. The lowest BCUT2D eigenvalue weighted by Crippen LogP contribution is -2.11. The molecule has 0 aromatic heterocycles. The maximum absolute atomic E-state index is 4.70. The third kappa shape index (κ3) is 5.35. The number of azo groups is 2. The Morgan fingerprint density at radius 1 is 0.553 bits per heavy atom. The highest BCUT2D eigenvalue weighted by Crippen LogP contribution is 2.45. The van der Waals surface area contributed by atoms with Crippen LogP contribution in [-0.2, 0) is 0 Å². The minimum absolute atomic E-state index is 0.594. The highest BCUT2D eigenvalue weighted by atomic mass is 15.1. The highest BCUT2D eigenvalue weighted by Gasteiger charge is 2.24. The Morgan fingerprint density at radius 2 is 1.21 bits per heavy atom. The van der Waals surface area contributed by atoms with Gasteiger partial charge in [-0.15, -0.1) is 0 Å². The predicted octanol–water partition coefficient (Wildman–Crippen LogP) is 11.3. The van der Waals surface area contributed by atoms with E-state index in [4.69, 9.17) is 10.2 Å². The average molecular weight is 501 g/mol. The molecule has 0 spiro atoms. The van der Waals surface area contributed by atoms with Gasteiger partial charge in [0.25, 0.3) is 0 Å². The van der Waals surface area contributed by atoms with Crippen LogP contribution in [0.15, 0.2) is 87.2 Å². The molecule has 0 radical (unpaired) electrons. The highest BCUT2D eigenvalue weighted by molar-refractivity contribution is 5.80. The van der Waals surface area contributed by atoms with Crippen LogP contribution in [0.5, 0.6) is 0 Å². The Kier molecular flexibility index (Phi) is 7.33. The monoisotopic (exact) mass is 500 g/mol. The smallest absolute Gasteiger partial charge is 0.0892 e. The van der Waals surface area contributed by atoms with E-state index in [1.54, 1.807) is 0 Å². The molecule has 1 aliphatic rings. The fourth-order valence-electron chi connectivity index (χ4n) is 5.29. The summed E-state index contributed by atoms with van der Waals surface area (Å²) < 4.78 is 0. The molecule has 1 fully saturated rings. The Balaban J connectivity index is 1.58. The minimum atomic E-state index is 0.594. The third-order valence-corrected chi connectivity index (χ3v) is 7.82. The quantitative estimate of drug-likeness (QED) is 0.236. The van der Waals surface area contributed by atoms with Crippen molar-refractivity contribution in [3.63, 3.8) is 0 Å². The summed E-state index contributed by atoms with van der Waals surface area (Å²) in [5, 5.41) is 18.6. The first-order chi connectivity index (χ1) is 18.3. The van der Waals surface area contributed by atoms with Crippen molar-refractivity contribution in [2.75, 3.05) is 0 Å². The van der Waals surface area contributed by atoms with Crippen LogP contribution < -0.4 is 0 Å². The van der Waals surface area contributed by atoms with Crippen LogP contribution in [0, 0.1) is 41.5 Å². The molecule has 0 amide bonds. The van der Waals surface area contributed by atoms with Crippen molar-refractivity contribution in [3.8, 4) is 11.1 Å². The van der Waals surface area contributed by atoms with Crippen molar-refractivity contribution in [2.45, 2.75) is 66.7 Å². The van der Waals surface area contributed by atoms with Crippen molar-refractivity contribution in [2.24, 2.45) is 20.5 Å². The fourth-order valence-corrected chi connectivity index (χ4v) is 5.29. The van der Waals surface area contributed by atoms with Crippen molar-refractivity contribution >= 4 is 22.7 Å². The maximum Gasteiger partial charge on any atom is 0.0892 e. The first-order valence-electron chi connectivity index (χ1n) is 13.5. The fraction of sp³-hybridized carbons (Fsp3) is 0.294. The van der Waals surface area contributed by atoms with Gasteiger partial charge in [0.05, 0.1) is 22.7 Å². The van der Waals surface area contributed by atoms with Crippen LogP contribution in [0.1, 0.15) is 64.1 Å². The zero-order valence-electron chi connectivity index (χ0n) is 23.3. The lowest BCUT2D eigenvalue weighted by molar-refractivity contribution is 0.418. The van der Waals surface area contributed by atoms with Gasteiger partial charge in [0, 0.05) is 0 Å². The summed E-state index contributed by atoms with van der Waals surface area (Å²) in [6.45, 7) is 12.8. The first-order valence-corrected chi connectivity index (χ1v) is 13.5. The second kappa shape index (κ2) is 10.8. The molecule has 4 aromatic rings. The molecule has 4 aromatic carbocycles. The van der Waals surface area contributed by atoms with Crippen LogP contribution in [0.3, 0.4) is 0 Å². The summed E-state index contributed by atoms with van der Waals surface area (Å²) in [6.07, 6.45) is 3.77. The Hall–Kier alpha value is -3.92. The molecule has 5 rings (SSSR count). The Morgan fingerprint density at radius 3 is 1.89 bits per heavy atom. The minimum Gasteiger partial charge on any atom is -0.151 e. The molecule has 0 N–H and O–H groups in total. The predicted molar refractivity (Wildman–Crippen MR) is 158 cm³/mol. The normalized spacial score (nSPS) is 13.9. The van der Waals surface area contributed by atoms with Crippen LogP contribution in [0.25, 0.3) is 11.1 Å². The van der Waals surface area contributed by atoms with E-state index in [1.165, 1.54) is 58.2 Å². The van der Waals surface area contributed by atoms with E-state index >= 15 is 0 Å². The molecule has 0 saturated heterocycles. The van der Waals surface area contributed by atoms with E-state index in [2.05, 4.69) is 100 Å². The van der Waals surface area contributed by atoms with Gasteiger partial charge in [-0.05, 0) is 136 Å². The molecular weight excluding hydrogens is 464 g/mol. The summed E-state index contributed by atoms with van der Waals surface area (Å²) >= 11 is 0. The van der Waals surface area contributed by atoms with Gasteiger partial charge in [0.15, 0.2) is 0 Å². The molecule has 0 heterocycles. The van der Waals surface area contributed by atoms with Gasteiger partial charge in [0.2, 0.25) is 0 Å². The molecule has 0 unspecified atom stereocenters. The topological polar surface area (TPSA) is 49.4 Å². The van der Waals surface area contributed by atoms with Crippen molar-refractivity contribution in [1.82, 2.24) is 0 Å². The van der Waals surface area contributed by atoms with Gasteiger partial charge in [-0.25, -0.2) is 0 Å². The molecule has 192 valence electrons.